The number of pyridine rings is 1. The summed E-state index contributed by atoms with van der Waals surface area (Å²) in [5, 5.41) is 10.5. The van der Waals surface area contributed by atoms with E-state index in [0.29, 0.717) is 12.2 Å². The summed E-state index contributed by atoms with van der Waals surface area (Å²) < 4.78 is 7.06. The minimum atomic E-state index is 0.313. The van der Waals surface area contributed by atoms with Crippen LogP contribution in [0.4, 0.5) is 5.69 Å². The predicted molar refractivity (Wildman–Crippen MR) is 60.7 cm³/mol. The number of benzene rings is 1. The van der Waals surface area contributed by atoms with Crippen LogP contribution in [0.5, 0.6) is 5.75 Å². The molecular weight excluding hydrogens is 202 g/mol. The quantitative estimate of drug-likeness (QED) is 0.604. The van der Waals surface area contributed by atoms with E-state index in [9.17, 15) is 0 Å². The summed E-state index contributed by atoms with van der Waals surface area (Å²) in [6.45, 7) is 0.313. The number of nitriles is 1. The lowest BCUT2D eigenvalue weighted by molar-refractivity contribution is -0.683. The predicted octanol–water partition coefficient (Wildman–Crippen LogP) is 1.24. The molecule has 0 spiro atoms. The average molecular weight is 214 g/mol. The zero-order chi connectivity index (χ0) is 11.5. The maximum absolute atomic E-state index is 8.65. The first-order valence-electron chi connectivity index (χ1n) is 4.88. The summed E-state index contributed by atoms with van der Waals surface area (Å²) in [6, 6.07) is 7.63. The van der Waals surface area contributed by atoms with Gasteiger partial charge in [-0.25, -0.2) is 0 Å². The maximum Gasteiger partial charge on any atom is 0.233 e. The van der Waals surface area contributed by atoms with Gasteiger partial charge in [-0.3, -0.25) is 0 Å². The lowest BCUT2D eigenvalue weighted by Gasteiger charge is -2.05. The molecule has 0 fully saturated rings. The van der Waals surface area contributed by atoms with Gasteiger partial charge in [-0.15, -0.1) is 0 Å². The van der Waals surface area contributed by atoms with Gasteiger partial charge in [-0.2, -0.15) is 9.83 Å². The summed E-state index contributed by atoms with van der Waals surface area (Å²) in [5.74, 6) is 0.761. The molecule has 80 valence electrons. The van der Waals surface area contributed by atoms with Crippen LogP contribution < -0.4 is 15.0 Å². The van der Waals surface area contributed by atoms with Gasteiger partial charge in [0.15, 0.2) is 12.4 Å². The summed E-state index contributed by atoms with van der Waals surface area (Å²) in [7, 11) is 1.62. The Bertz CT molecular complexity index is 572. The monoisotopic (exact) mass is 214 g/mol. The van der Waals surface area contributed by atoms with Crippen LogP contribution >= 0.6 is 0 Å². The number of nitrogens with zero attached hydrogens (tertiary/aromatic N) is 2. The minimum absolute atomic E-state index is 0.313. The van der Waals surface area contributed by atoms with Crippen molar-refractivity contribution in [3.63, 3.8) is 0 Å². The van der Waals surface area contributed by atoms with Gasteiger partial charge in [-0.1, -0.05) is 0 Å². The van der Waals surface area contributed by atoms with E-state index >= 15 is 0 Å². The third-order valence-corrected chi connectivity index (χ3v) is 2.48. The van der Waals surface area contributed by atoms with Crippen LogP contribution in [0.25, 0.3) is 10.8 Å². The molecule has 1 aromatic carbocycles. The van der Waals surface area contributed by atoms with Crippen LogP contribution in [0.3, 0.4) is 0 Å². The van der Waals surface area contributed by atoms with Gasteiger partial charge in [0.1, 0.15) is 11.8 Å². The third kappa shape index (κ3) is 1.63. The molecule has 0 amide bonds. The first kappa shape index (κ1) is 10.2. The highest BCUT2D eigenvalue weighted by Gasteiger charge is 2.09. The van der Waals surface area contributed by atoms with E-state index in [2.05, 4.69) is 6.07 Å². The molecule has 1 heterocycles. The van der Waals surface area contributed by atoms with Crippen LogP contribution in [0.1, 0.15) is 0 Å². The van der Waals surface area contributed by atoms with Crippen molar-refractivity contribution in [2.24, 2.45) is 0 Å². The Hall–Kier alpha value is -2.28. The number of hydrogen-bond acceptors (Lipinski definition) is 3. The fraction of sp³-hybridized carbons (Fsp3) is 0.167. The van der Waals surface area contributed by atoms with E-state index in [0.717, 1.165) is 16.5 Å². The highest BCUT2D eigenvalue weighted by molar-refractivity contribution is 5.95. The minimum Gasteiger partial charge on any atom is -0.496 e. The summed E-state index contributed by atoms with van der Waals surface area (Å²) in [5.41, 5.74) is 6.58. The second kappa shape index (κ2) is 4.07. The Morgan fingerprint density at radius 2 is 2.19 bits per heavy atom. The molecule has 2 N–H and O–H groups in total. The standard InChI is InChI=1S/C12H12N3O/c1-16-12-3-2-11(14)9-4-6-15(7-5-13)8-10(9)12/h2-4,6,8H,7,14H2,1H3/q+1. The SMILES string of the molecule is COc1ccc(N)c2cc[n+](CC#N)cc12. The highest BCUT2D eigenvalue weighted by Crippen LogP contribution is 2.28. The molecule has 4 nitrogen and oxygen atoms in total. The van der Waals surface area contributed by atoms with Crippen molar-refractivity contribution in [2.75, 3.05) is 12.8 Å². The average Bonchev–Trinajstić information content (AvgIpc) is 2.30. The van der Waals surface area contributed by atoms with Crippen molar-refractivity contribution in [1.29, 1.82) is 5.26 Å². The molecule has 4 heteroatoms. The molecule has 0 aliphatic rings. The fourth-order valence-electron chi connectivity index (χ4n) is 1.69. The number of hydrogen-bond donors (Lipinski definition) is 1. The molecule has 0 saturated heterocycles. The Morgan fingerprint density at radius 3 is 2.88 bits per heavy atom. The van der Waals surface area contributed by atoms with Gasteiger partial charge in [0.05, 0.1) is 12.5 Å². The van der Waals surface area contributed by atoms with Gasteiger partial charge >= 0.3 is 0 Å². The van der Waals surface area contributed by atoms with Crippen LogP contribution in [-0.2, 0) is 6.54 Å². The number of methoxy groups -OCH3 is 1. The third-order valence-electron chi connectivity index (χ3n) is 2.48. The molecule has 0 atom stereocenters. The van der Waals surface area contributed by atoms with Crippen LogP contribution in [0.2, 0.25) is 0 Å². The van der Waals surface area contributed by atoms with E-state index in [4.69, 9.17) is 15.7 Å². The number of anilines is 1. The van der Waals surface area contributed by atoms with Gasteiger partial charge in [0.2, 0.25) is 6.54 Å². The van der Waals surface area contributed by atoms with E-state index in [1.807, 2.05) is 30.6 Å². The number of nitrogens with two attached hydrogens (primary N) is 1. The molecule has 2 rings (SSSR count). The van der Waals surface area contributed by atoms with Crippen LogP contribution in [-0.4, -0.2) is 7.11 Å². The van der Waals surface area contributed by atoms with Crippen molar-refractivity contribution in [1.82, 2.24) is 0 Å². The van der Waals surface area contributed by atoms with Crippen LogP contribution in [0, 0.1) is 11.3 Å². The molecule has 0 aliphatic carbocycles. The lowest BCUT2D eigenvalue weighted by Crippen LogP contribution is -2.31. The number of ether oxygens (including phenoxy) is 1. The van der Waals surface area contributed by atoms with Crippen molar-refractivity contribution < 1.29 is 9.30 Å². The molecule has 16 heavy (non-hydrogen) atoms. The number of aromatic nitrogens is 1. The molecule has 0 saturated carbocycles. The Kier molecular flexibility index (Phi) is 2.61. The van der Waals surface area contributed by atoms with Gasteiger partial charge < -0.3 is 10.5 Å². The number of rotatable bonds is 2. The van der Waals surface area contributed by atoms with Crippen molar-refractivity contribution >= 4 is 16.5 Å². The first-order valence-corrected chi connectivity index (χ1v) is 4.88. The summed E-state index contributed by atoms with van der Waals surface area (Å²) in [4.78, 5) is 0. The smallest absolute Gasteiger partial charge is 0.233 e. The lowest BCUT2D eigenvalue weighted by atomic mass is 10.1. The molecule has 1 aromatic heterocycles. The Morgan fingerprint density at radius 1 is 1.38 bits per heavy atom. The topological polar surface area (TPSA) is 62.9 Å². The normalized spacial score (nSPS) is 10.0. The van der Waals surface area contributed by atoms with E-state index < -0.39 is 0 Å². The number of nitrogen functional groups attached to an aromatic ring is 1. The van der Waals surface area contributed by atoms with E-state index in [-0.39, 0.29) is 0 Å². The second-order valence-electron chi connectivity index (χ2n) is 3.46. The maximum atomic E-state index is 8.65. The van der Waals surface area contributed by atoms with Crippen molar-refractivity contribution in [3.8, 4) is 11.8 Å². The van der Waals surface area contributed by atoms with E-state index in [1.54, 1.807) is 11.7 Å². The van der Waals surface area contributed by atoms with Gasteiger partial charge in [0.25, 0.3) is 0 Å². The molecular formula is C12H12N3O+. The summed E-state index contributed by atoms with van der Waals surface area (Å²) in [6.07, 6.45) is 3.70. The Balaban J connectivity index is 2.70. The first-order chi connectivity index (χ1) is 7.76. The van der Waals surface area contributed by atoms with Crippen molar-refractivity contribution in [2.45, 2.75) is 6.54 Å². The largest absolute Gasteiger partial charge is 0.496 e. The zero-order valence-electron chi connectivity index (χ0n) is 8.97. The molecule has 0 bridgehead atoms. The Labute approximate surface area is 93.5 Å². The van der Waals surface area contributed by atoms with E-state index in [1.165, 1.54) is 0 Å². The highest BCUT2D eigenvalue weighted by atomic mass is 16.5. The fourth-order valence-corrected chi connectivity index (χ4v) is 1.69. The molecule has 0 radical (unpaired) electrons. The molecule has 0 aliphatic heterocycles. The van der Waals surface area contributed by atoms with Crippen molar-refractivity contribution in [3.05, 3.63) is 30.6 Å². The second-order valence-corrected chi connectivity index (χ2v) is 3.46. The number of fused-ring (bicyclic) bond motifs is 1. The zero-order valence-corrected chi connectivity index (χ0v) is 8.97. The van der Waals surface area contributed by atoms with Gasteiger partial charge in [-0.05, 0) is 12.1 Å². The summed E-state index contributed by atoms with van der Waals surface area (Å²) >= 11 is 0. The van der Waals surface area contributed by atoms with Gasteiger partial charge in [0, 0.05) is 17.1 Å². The van der Waals surface area contributed by atoms with Crippen LogP contribution in [0.15, 0.2) is 30.6 Å². The molecule has 2 aromatic rings. The molecule has 0 unspecified atom stereocenters.